The molecule has 4 rings (SSSR count). The number of rotatable bonds is 9. The number of aromatic nitrogens is 4. The second-order valence-electron chi connectivity index (χ2n) is 7.66. The molecule has 0 spiro atoms. The lowest BCUT2D eigenvalue weighted by atomic mass is 10.0. The van der Waals surface area contributed by atoms with Crippen LogP contribution in [0.2, 0.25) is 0 Å². The maximum Gasteiger partial charge on any atom is 0.474 e. The smallest absolute Gasteiger partial charge is 0.321 e. The summed E-state index contributed by atoms with van der Waals surface area (Å²) in [6, 6.07) is 6.48. The normalized spacial score (nSPS) is 13.8. The van der Waals surface area contributed by atoms with Crippen molar-refractivity contribution < 1.29 is 27.7 Å². The van der Waals surface area contributed by atoms with Crippen LogP contribution < -0.4 is 5.32 Å². The highest BCUT2D eigenvalue weighted by atomic mass is 31.2. The summed E-state index contributed by atoms with van der Waals surface area (Å²) in [5.41, 5.74) is 3.38. The largest absolute Gasteiger partial charge is 0.474 e. The molecule has 4 aromatic rings. The Bertz CT molecular complexity index is 1490. The highest BCUT2D eigenvalue weighted by Crippen LogP contribution is 2.47. The molecule has 10 nitrogen and oxygen atoms in total. The monoisotopic (exact) mass is 511 g/mol. The summed E-state index contributed by atoms with van der Waals surface area (Å²) in [6.45, 7) is 6.58. The van der Waals surface area contributed by atoms with Crippen molar-refractivity contribution in [2.75, 3.05) is 11.9 Å². The maximum absolute atomic E-state index is 14.0. The number of phosphoric acid groups is 1. The molecule has 1 amide bonds. The molecule has 0 radical (unpaired) electrons. The number of carbonyl (C=O) groups excluding carboxylic acids is 1. The van der Waals surface area contributed by atoms with Gasteiger partial charge in [-0.15, -0.1) is 0 Å². The van der Waals surface area contributed by atoms with Gasteiger partial charge in [-0.25, -0.2) is 14.5 Å². The first kappa shape index (κ1) is 25.3. The van der Waals surface area contributed by atoms with E-state index in [9.17, 15) is 18.6 Å². The maximum atomic E-state index is 14.0. The summed E-state index contributed by atoms with van der Waals surface area (Å²) < 4.78 is 37.8. The van der Waals surface area contributed by atoms with Crippen molar-refractivity contribution in [1.29, 1.82) is 0 Å². The number of hydrogen-bond acceptors (Lipinski definition) is 7. The van der Waals surface area contributed by atoms with Crippen molar-refractivity contribution in [2.24, 2.45) is 0 Å². The third-order valence-corrected chi connectivity index (χ3v) is 6.36. The number of carbonyl (C=O) groups is 1. The fourth-order valence-electron chi connectivity index (χ4n) is 3.66. The summed E-state index contributed by atoms with van der Waals surface area (Å²) in [6.07, 6.45) is 7.94. The summed E-state index contributed by atoms with van der Waals surface area (Å²) in [7, 11) is -4.31. The summed E-state index contributed by atoms with van der Waals surface area (Å²) >= 11 is 0. The number of halogens is 1. The number of fused-ring (bicyclic) bond motifs is 1. The van der Waals surface area contributed by atoms with Gasteiger partial charge in [-0.3, -0.25) is 18.8 Å². The Morgan fingerprint density at radius 2 is 2.03 bits per heavy atom. The Morgan fingerprint density at radius 3 is 2.75 bits per heavy atom. The lowest BCUT2D eigenvalue weighted by Crippen LogP contribution is -2.09. The van der Waals surface area contributed by atoms with Crippen LogP contribution >= 0.6 is 7.82 Å². The van der Waals surface area contributed by atoms with E-state index in [2.05, 4.69) is 26.8 Å². The molecule has 2 unspecified atom stereocenters. The van der Waals surface area contributed by atoms with E-state index in [0.717, 1.165) is 6.08 Å². The topological polar surface area (TPSA) is 128 Å². The molecule has 2 atom stereocenters. The molecule has 12 heteroatoms. The minimum absolute atomic E-state index is 0.00354. The molecule has 0 aliphatic heterocycles. The SMILES string of the molecule is C=CC(=O)Nc1cncc(-c2cnc3c(c2)c(-c2ccnc(F)c2)cn3C(C)OP(=O)(O)OCC)c1. The van der Waals surface area contributed by atoms with Crippen LogP contribution in [0.25, 0.3) is 33.3 Å². The number of amides is 1. The van der Waals surface area contributed by atoms with Gasteiger partial charge in [-0.1, -0.05) is 6.58 Å². The average Bonchev–Trinajstić information content (AvgIpc) is 3.23. The number of pyridine rings is 3. The summed E-state index contributed by atoms with van der Waals surface area (Å²) in [5.74, 6) is -1.03. The second-order valence-corrected chi connectivity index (χ2v) is 9.07. The van der Waals surface area contributed by atoms with Crippen LogP contribution in [0, 0.1) is 5.95 Å². The van der Waals surface area contributed by atoms with E-state index in [0.29, 0.717) is 39.0 Å². The molecule has 4 heterocycles. The summed E-state index contributed by atoms with van der Waals surface area (Å²) in [4.78, 5) is 34.0. The number of nitrogens with one attached hydrogen (secondary N) is 1. The fraction of sp³-hybridized carbons (Fsp3) is 0.167. The van der Waals surface area contributed by atoms with Crippen LogP contribution in [0.1, 0.15) is 20.1 Å². The lowest BCUT2D eigenvalue weighted by Gasteiger charge is -2.18. The number of phosphoric ester groups is 1. The second kappa shape index (κ2) is 10.5. The van der Waals surface area contributed by atoms with Gasteiger partial charge in [0.1, 0.15) is 11.9 Å². The Labute approximate surface area is 206 Å². The van der Waals surface area contributed by atoms with Crippen LogP contribution in [0.4, 0.5) is 10.1 Å². The van der Waals surface area contributed by atoms with Gasteiger partial charge in [0.15, 0.2) is 0 Å². The molecular weight excluding hydrogens is 488 g/mol. The zero-order valence-electron chi connectivity index (χ0n) is 19.5. The van der Waals surface area contributed by atoms with Crippen molar-refractivity contribution in [3.05, 3.63) is 73.9 Å². The van der Waals surface area contributed by atoms with Gasteiger partial charge < -0.3 is 14.8 Å². The Balaban J connectivity index is 1.83. The van der Waals surface area contributed by atoms with Crippen molar-refractivity contribution >= 4 is 30.5 Å². The minimum atomic E-state index is -4.31. The van der Waals surface area contributed by atoms with Gasteiger partial charge in [0.2, 0.25) is 11.9 Å². The fourth-order valence-corrected chi connectivity index (χ4v) is 4.54. The Hall–Kier alpha value is -3.76. The molecule has 36 heavy (non-hydrogen) atoms. The summed E-state index contributed by atoms with van der Waals surface area (Å²) in [5, 5.41) is 3.29. The molecule has 0 saturated heterocycles. The van der Waals surface area contributed by atoms with Crippen LogP contribution in [-0.4, -0.2) is 36.9 Å². The first-order valence-electron chi connectivity index (χ1n) is 10.9. The molecule has 0 aliphatic carbocycles. The quantitative estimate of drug-likeness (QED) is 0.181. The van der Waals surface area contributed by atoms with Crippen LogP contribution in [-0.2, 0) is 18.4 Å². The first-order valence-corrected chi connectivity index (χ1v) is 12.4. The molecule has 0 aromatic carbocycles. The van der Waals surface area contributed by atoms with E-state index in [-0.39, 0.29) is 12.5 Å². The first-order chi connectivity index (χ1) is 17.2. The Morgan fingerprint density at radius 1 is 1.25 bits per heavy atom. The van der Waals surface area contributed by atoms with Crippen LogP contribution in [0.3, 0.4) is 0 Å². The van der Waals surface area contributed by atoms with Crippen molar-refractivity contribution in [1.82, 2.24) is 19.5 Å². The van der Waals surface area contributed by atoms with E-state index in [1.165, 1.54) is 18.5 Å². The average molecular weight is 511 g/mol. The predicted molar refractivity (Wildman–Crippen MR) is 132 cm³/mol. The van der Waals surface area contributed by atoms with Crippen molar-refractivity contribution in [3.63, 3.8) is 0 Å². The van der Waals surface area contributed by atoms with Gasteiger partial charge in [0.25, 0.3) is 0 Å². The van der Waals surface area contributed by atoms with Gasteiger partial charge in [-0.2, -0.15) is 4.39 Å². The van der Waals surface area contributed by atoms with Gasteiger partial charge in [0, 0.05) is 52.9 Å². The third-order valence-electron chi connectivity index (χ3n) is 5.20. The standard InChI is InChI=1S/C24H23FN5O5P/c1-4-23(31)29-19-8-17(11-26-13-19)18-9-20-21(16-6-7-27-22(25)10-16)14-30(24(20)28-12-18)15(3)35-36(32,33)34-5-2/h4,6-15H,1,5H2,2-3H3,(H,29,31)(H,32,33). The molecule has 186 valence electrons. The minimum Gasteiger partial charge on any atom is -0.321 e. The van der Waals surface area contributed by atoms with Gasteiger partial charge in [-0.05, 0) is 43.7 Å². The molecule has 2 N–H and O–H groups in total. The van der Waals surface area contributed by atoms with Crippen LogP contribution in [0.5, 0.6) is 0 Å². The molecule has 0 saturated carbocycles. The molecule has 0 aliphatic rings. The zero-order valence-corrected chi connectivity index (χ0v) is 20.4. The van der Waals surface area contributed by atoms with Crippen molar-refractivity contribution in [3.8, 4) is 22.3 Å². The van der Waals surface area contributed by atoms with E-state index in [4.69, 9.17) is 9.05 Å². The van der Waals surface area contributed by atoms with Crippen molar-refractivity contribution in [2.45, 2.75) is 20.1 Å². The number of anilines is 1. The van der Waals surface area contributed by atoms with E-state index in [1.807, 2.05) is 6.07 Å². The molecular formula is C24H23FN5O5P. The van der Waals surface area contributed by atoms with Gasteiger partial charge in [0.05, 0.1) is 18.5 Å². The van der Waals surface area contributed by atoms with Gasteiger partial charge >= 0.3 is 7.82 Å². The van der Waals surface area contributed by atoms with E-state index >= 15 is 0 Å². The van der Waals surface area contributed by atoms with E-state index in [1.54, 1.807) is 49.1 Å². The van der Waals surface area contributed by atoms with Crippen LogP contribution in [0.15, 0.2) is 67.9 Å². The molecule has 0 fully saturated rings. The zero-order chi connectivity index (χ0) is 25.9. The Kier molecular flexibility index (Phi) is 7.37. The third kappa shape index (κ3) is 5.55. The number of nitrogens with zero attached hydrogens (tertiary/aromatic N) is 4. The highest BCUT2D eigenvalue weighted by molar-refractivity contribution is 7.47. The highest BCUT2D eigenvalue weighted by Gasteiger charge is 2.26. The molecule has 0 bridgehead atoms. The lowest BCUT2D eigenvalue weighted by molar-refractivity contribution is -0.111. The number of hydrogen-bond donors (Lipinski definition) is 2. The van der Waals surface area contributed by atoms with E-state index < -0.39 is 20.0 Å². The molecule has 4 aromatic heterocycles. The predicted octanol–water partition coefficient (Wildman–Crippen LogP) is 5.10.